The van der Waals surface area contributed by atoms with Crippen molar-refractivity contribution in [3.63, 3.8) is 0 Å². The van der Waals surface area contributed by atoms with Crippen molar-refractivity contribution in [2.45, 2.75) is 6.54 Å². The predicted octanol–water partition coefficient (Wildman–Crippen LogP) is 0.235. The first-order chi connectivity index (χ1) is 8.84. The number of hydrogen-bond donors (Lipinski definition) is 2. The summed E-state index contributed by atoms with van der Waals surface area (Å²) in [7, 11) is 0. The number of H-pyrrole nitrogens is 1. The first-order valence-corrected chi connectivity index (χ1v) is 6.45. The van der Waals surface area contributed by atoms with Crippen LogP contribution >= 0.6 is 0 Å². The van der Waals surface area contributed by atoms with Crippen molar-refractivity contribution in [1.29, 1.82) is 0 Å². The predicted molar refractivity (Wildman–Crippen MR) is 71.9 cm³/mol. The zero-order chi connectivity index (χ0) is 12.4. The van der Waals surface area contributed by atoms with E-state index in [1.807, 2.05) is 28.8 Å². The number of imidazole rings is 1. The molecule has 5 nitrogen and oxygen atoms in total. The Morgan fingerprint density at radius 1 is 1.11 bits per heavy atom. The van der Waals surface area contributed by atoms with E-state index in [4.69, 9.17) is 0 Å². The number of nitrogens with one attached hydrogen (secondary N) is 2. The van der Waals surface area contributed by atoms with Crippen LogP contribution in [0.1, 0.15) is 0 Å². The van der Waals surface area contributed by atoms with E-state index in [9.17, 15) is 4.79 Å². The molecular weight excluding hydrogens is 228 g/mol. The van der Waals surface area contributed by atoms with Gasteiger partial charge in [-0.25, -0.2) is 4.79 Å². The standard InChI is InChI=1S/C13H18N4O/c18-13-15-11-3-1-2-4-12(11)17(13)10-9-16-7-5-14-6-8-16/h1-4,14H,5-10H2,(H,15,18). The lowest BCUT2D eigenvalue weighted by Crippen LogP contribution is -2.44. The molecule has 1 aromatic carbocycles. The molecule has 1 aromatic heterocycles. The van der Waals surface area contributed by atoms with Crippen molar-refractivity contribution in [2.75, 3.05) is 32.7 Å². The van der Waals surface area contributed by atoms with Gasteiger partial charge in [-0.05, 0) is 12.1 Å². The van der Waals surface area contributed by atoms with Gasteiger partial charge in [0.15, 0.2) is 0 Å². The number of rotatable bonds is 3. The highest BCUT2D eigenvalue weighted by Crippen LogP contribution is 2.08. The van der Waals surface area contributed by atoms with Crippen LogP contribution in [0.5, 0.6) is 0 Å². The van der Waals surface area contributed by atoms with Crippen molar-refractivity contribution in [3.8, 4) is 0 Å². The molecule has 1 aliphatic heterocycles. The maximum absolute atomic E-state index is 11.9. The molecule has 0 radical (unpaired) electrons. The molecule has 0 bridgehead atoms. The molecule has 1 aliphatic rings. The van der Waals surface area contributed by atoms with E-state index < -0.39 is 0 Å². The van der Waals surface area contributed by atoms with Gasteiger partial charge in [0.2, 0.25) is 0 Å². The monoisotopic (exact) mass is 246 g/mol. The second-order valence-corrected chi connectivity index (χ2v) is 4.69. The molecule has 5 heteroatoms. The number of benzene rings is 1. The third kappa shape index (κ3) is 2.19. The number of piperazine rings is 1. The lowest BCUT2D eigenvalue weighted by Gasteiger charge is -2.27. The van der Waals surface area contributed by atoms with Gasteiger partial charge in [-0.1, -0.05) is 12.1 Å². The molecular formula is C13H18N4O. The van der Waals surface area contributed by atoms with E-state index in [2.05, 4.69) is 15.2 Å². The largest absolute Gasteiger partial charge is 0.326 e. The van der Waals surface area contributed by atoms with Crippen LogP contribution in [0.15, 0.2) is 29.1 Å². The minimum absolute atomic E-state index is 0.00802. The minimum atomic E-state index is -0.00802. The third-order valence-corrected chi connectivity index (χ3v) is 3.53. The van der Waals surface area contributed by atoms with Crippen LogP contribution in [-0.4, -0.2) is 47.2 Å². The molecule has 0 unspecified atom stereocenters. The lowest BCUT2D eigenvalue weighted by atomic mass is 10.3. The fraction of sp³-hybridized carbons (Fsp3) is 0.462. The highest BCUT2D eigenvalue weighted by molar-refractivity contribution is 5.74. The van der Waals surface area contributed by atoms with Gasteiger partial charge in [0.25, 0.3) is 0 Å². The van der Waals surface area contributed by atoms with Crippen molar-refractivity contribution in [2.24, 2.45) is 0 Å². The SMILES string of the molecule is O=c1[nH]c2ccccc2n1CCN1CCNCC1. The summed E-state index contributed by atoms with van der Waals surface area (Å²) in [6.07, 6.45) is 0. The normalized spacial score (nSPS) is 17.3. The first-order valence-electron chi connectivity index (χ1n) is 6.45. The maximum Gasteiger partial charge on any atom is 0.326 e. The van der Waals surface area contributed by atoms with Gasteiger partial charge in [-0.3, -0.25) is 9.47 Å². The molecule has 96 valence electrons. The third-order valence-electron chi connectivity index (χ3n) is 3.53. The van der Waals surface area contributed by atoms with Crippen LogP contribution < -0.4 is 11.0 Å². The Balaban J connectivity index is 1.77. The molecule has 2 heterocycles. The molecule has 0 amide bonds. The Kier molecular flexibility index (Phi) is 3.17. The Bertz CT molecular complexity index is 580. The summed E-state index contributed by atoms with van der Waals surface area (Å²) in [6, 6.07) is 7.85. The smallest absolute Gasteiger partial charge is 0.314 e. The van der Waals surface area contributed by atoms with Crippen LogP contribution in [0.4, 0.5) is 0 Å². The molecule has 1 saturated heterocycles. The maximum atomic E-state index is 11.9. The van der Waals surface area contributed by atoms with E-state index in [1.54, 1.807) is 0 Å². The summed E-state index contributed by atoms with van der Waals surface area (Å²) >= 11 is 0. The fourth-order valence-corrected chi connectivity index (χ4v) is 2.50. The Labute approximate surface area is 105 Å². The number of fused-ring (bicyclic) bond motifs is 1. The summed E-state index contributed by atoms with van der Waals surface area (Å²) < 4.78 is 1.83. The van der Waals surface area contributed by atoms with Crippen LogP contribution in [0.3, 0.4) is 0 Å². The van der Waals surface area contributed by atoms with E-state index in [0.29, 0.717) is 0 Å². The molecule has 0 saturated carbocycles. The highest BCUT2D eigenvalue weighted by atomic mass is 16.1. The van der Waals surface area contributed by atoms with Crippen molar-refractivity contribution in [3.05, 3.63) is 34.7 Å². The van der Waals surface area contributed by atoms with Crippen LogP contribution in [0.25, 0.3) is 11.0 Å². The van der Waals surface area contributed by atoms with Gasteiger partial charge in [-0.15, -0.1) is 0 Å². The van der Waals surface area contributed by atoms with Crippen LogP contribution in [0, 0.1) is 0 Å². The summed E-state index contributed by atoms with van der Waals surface area (Å²) in [5, 5.41) is 3.33. The topological polar surface area (TPSA) is 53.1 Å². The summed E-state index contributed by atoms with van der Waals surface area (Å²) in [4.78, 5) is 17.2. The quantitative estimate of drug-likeness (QED) is 0.815. The van der Waals surface area contributed by atoms with Crippen LogP contribution in [0.2, 0.25) is 0 Å². The molecule has 3 rings (SSSR count). The van der Waals surface area contributed by atoms with Gasteiger partial charge in [0, 0.05) is 39.3 Å². The second-order valence-electron chi connectivity index (χ2n) is 4.69. The van der Waals surface area contributed by atoms with E-state index in [1.165, 1.54) is 0 Å². The van der Waals surface area contributed by atoms with E-state index in [-0.39, 0.29) is 5.69 Å². The van der Waals surface area contributed by atoms with Gasteiger partial charge in [-0.2, -0.15) is 0 Å². The van der Waals surface area contributed by atoms with Gasteiger partial charge in [0.05, 0.1) is 11.0 Å². The molecule has 0 spiro atoms. The number of aromatic nitrogens is 2. The molecule has 2 N–H and O–H groups in total. The molecule has 0 atom stereocenters. The molecule has 1 fully saturated rings. The second kappa shape index (κ2) is 4.96. The van der Waals surface area contributed by atoms with E-state index >= 15 is 0 Å². The zero-order valence-electron chi connectivity index (χ0n) is 10.4. The zero-order valence-corrected chi connectivity index (χ0v) is 10.4. The first kappa shape index (κ1) is 11.5. The average molecular weight is 246 g/mol. The lowest BCUT2D eigenvalue weighted by molar-refractivity contribution is 0.232. The van der Waals surface area contributed by atoms with Crippen molar-refractivity contribution >= 4 is 11.0 Å². The van der Waals surface area contributed by atoms with E-state index in [0.717, 1.165) is 50.3 Å². The minimum Gasteiger partial charge on any atom is -0.314 e. The van der Waals surface area contributed by atoms with Gasteiger partial charge >= 0.3 is 5.69 Å². The molecule has 0 aliphatic carbocycles. The Morgan fingerprint density at radius 3 is 2.72 bits per heavy atom. The van der Waals surface area contributed by atoms with Gasteiger partial charge in [0.1, 0.15) is 0 Å². The Hall–Kier alpha value is -1.59. The number of hydrogen-bond acceptors (Lipinski definition) is 3. The number of nitrogens with zero attached hydrogens (tertiary/aromatic N) is 2. The Morgan fingerprint density at radius 2 is 1.89 bits per heavy atom. The molecule has 18 heavy (non-hydrogen) atoms. The summed E-state index contributed by atoms with van der Waals surface area (Å²) in [6.45, 7) is 5.91. The van der Waals surface area contributed by atoms with Crippen molar-refractivity contribution < 1.29 is 0 Å². The average Bonchev–Trinajstić information content (AvgIpc) is 2.73. The van der Waals surface area contributed by atoms with Crippen LogP contribution in [-0.2, 0) is 6.54 Å². The number of para-hydroxylation sites is 2. The fourth-order valence-electron chi connectivity index (χ4n) is 2.50. The highest BCUT2D eigenvalue weighted by Gasteiger charge is 2.11. The molecule has 2 aromatic rings. The number of aromatic amines is 1. The summed E-state index contributed by atoms with van der Waals surface area (Å²) in [5.41, 5.74) is 1.91. The van der Waals surface area contributed by atoms with Gasteiger partial charge < -0.3 is 10.3 Å². The summed E-state index contributed by atoms with van der Waals surface area (Å²) in [5.74, 6) is 0. The van der Waals surface area contributed by atoms with Crippen molar-refractivity contribution in [1.82, 2.24) is 19.8 Å².